The summed E-state index contributed by atoms with van der Waals surface area (Å²) < 4.78 is 3.26. The number of alkyl halides is 3. The van der Waals surface area contributed by atoms with Crippen molar-refractivity contribution in [1.29, 1.82) is 0 Å². The Bertz CT molecular complexity index is 417. The van der Waals surface area contributed by atoms with Crippen LogP contribution in [0.1, 0.15) is 5.56 Å². The maximum absolute atomic E-state index is 9.87. The van der Waals surface area contributed by atoms with E-state index in [1.54, 1.807) is 12.2 Å². The Morgan fingerprint density at radius 2 is 1.89 bits per heavy atom. The molecule has 2 rings (SSSR count). The van der Waals surface area contributed by atoms with Crippen LogP contribution < -0.4 is 5.11 Å². The monoisotopic (exact) mass is 360 g/mol. The molecule has 0 atom stereocenters. The van der Waals surface area contributed by atoms with Crippen molar-refractivity contribution in [3.05, 3.63) is 66.0 Å². The van der Waals surface area contributed by atoms with Crippen LogP contribution in [-0.2, 0) is 28.4 Å². The van der Waals surface area contributed by atoms with E-state index in [-0.39, 0.29) is 17.1 Å². The molecule has 19 heavy (non-hydrogen) atoms. The third-order valence-corrected chi connectivity index (χ3v) is 2.29. The molecule has 104 valence electrons. The standard InChI is InChI=1S/C7H6Cl3O.C6H6O.Fe/c8-7(9,10)11-5-6-3-1-2-4-6;7-5-6-3-1-2-4-6;/h1-4H,5H2;1-5,7H;/q-1;;+2/p-1. The van der Waals surface area contributed by atoms with Gasteiger partial charge < -0.3 is 9.84 Å². The SMILES string of the molecule is ClC(Cl)(Cl)OCc1ccc[cH-]1.[Fe+2].[O-]C=C1C=CC=C1. The zero-order chi connectivity index (χ0) is 13.4. The molecule has 0 spiro atoms. The van der Waals surface area contributed by atoms with E-state index < -0.39 is 3.98 Å². The Morgan fingerprint density at radius 1 is 1.26 bits per heavy atom. The second-order valence-corrected chi connectivity index (χ2v) is 5.54. The number of hydrogen-bond donors (Lipinski definition) is 0. The van der Waals surface area contributed by atoms with Gasteiger partial charge in [0, 0.05) is 0 Å². The van der Waals surface area contributed by atoms with Crippen molar-refractivity contribution < 1.29 is 26.9 Å². The smallest absolute Gasteiger partial charge is 0.877 e. The molecule has 0 unspecified atom stereocenters. The second-order valence-electron chi connectivity index (χ2n) is 3.36. The molecule has 0 aliphatic heterocycles. The summed E-state index contributed by atoms with van der Waals surface area (Å²) in [6, 6.07) is 7.60. The molecule has 1 aromatic rings. The van der Waals surface area contributed by atoms with Crippen molar-refractivity contribution in [2.75, 3.05) is 0 Å². The van der Waals surface area contributed by atoms with E-state index >= 15 is 0 Å². The molecule has 0 amide bonds. The molecule has 6 heteroatoms. The third kappa shape index (κ3) is 9.28. The minimum atomic E-state index is -1.61. The van der Waals surface area contributed by atoms with Crippen molar-refractivity contribution in [2.24, 2.45) is 0 Å². The molecule has 1 aromatic carbocycles. The van der Waals surface area contributed by atoms with Gasteiger partial charge in [0.05, 0.1) is 6.61 Å². The molecule has 0 aromatic heterocycles. The van der Waals surface area contributed by atoms with Gasteiger partial charge in [0.1, 0.15) is 0 Å². The van der Waals surface area contributed by atoms with Crippen LogP contribution in [0.2, 0.25) is 0 Å². The van der Waals surface area contributed by atoms with Crippen LogP contribution in [0.4, 0.5) is 0 Å². The van der Waals surface area contributed by atoms with Crippen LogP contribution in [0.5, 0.6) is 0 Å². The zero-order valence-corrected chi connectivity index (χ0v) is 13.1. The minimum absolute atomic E-state index is 0. The fourth-order valence-corrected chi connectivity index (χ4v) is 1.31. The average Bonchev–Trinajstić information content (AvgIpc) is 2.99. The molecule has 0 saturated carbocycles. The normalized spacial score (nSPS) is 12.7. The van der Waals surface area contributed by atoms with Gasteiger partial charge in [-0.2, -0.15) is 12.1 Å². The van der Waals surface area contributed by atoms with E-state index in [1.165, 1.54) is 0 Å². The first-order chi connectivity index (χ1) is 8.51. The molecule has 0 heterocycles. The largest absolute Gasteiger partial charge is 2.00 e. The van der Waals surface area contributed by atoms with E-state index in [2.05, 4.69) is 0 Å². The Labute approximate surface area is 138 Å². The van der Waals surface area contributed by atoms with Crippen molar-refractivity contribution in [2.45, 2.75) is 10.6 Å². The maximum Gasteiger partial charge on any atom is 2.00 e. The van der Waals surface area contributed by atoms with Gasteiger partial charge in [0.2, 0.25) is 0 Å². The van der Waals surface area contributed by atoms with Gasteiger partial charge >= 0.3 is 17.1 Å². The summed E-state index contributed by atoms with van der Waals surface area (Å²) in [4.78, 5) is 0. The van der Waals surface area contributed by atoms with Crippen LogP contribution >= 0.6 is 34.8 Å². The molecule has 0 bridgehead atoms. The predicted molar refractivity (Wildman–Crippen MR) is 73.5 cm³/mol. The Hall–Kier alpha value is -0.281. The van der Waals surface area contributed by atoms with E-state index in [9.17, 15) is 5.11 Å². The summed E-state index contributed by atoms with van der Waals surface area (Å²) in [5.74, 6) is 0. The van der Waals surface area contributed by atoms with E-state index in [4.69, 9.17) is 39.5 Å². The number of halogens is 3. The van der Waals surface area contributed by atoms with Crippen LogP contribution in [0.3, 0.4) is 0 Å². The van der Waals surface area contributed by atoms with Gasteiger partial charge in [-0.1, -0.05) is 59.1 Å². The minimum Gasteiger partial charge on any atom is -0.877 e. The quantitative estimate of drug-likeness (QED) is 0.349. The van der Waals surface area contributed by atoms with Crippen molar-refractivity contribution >= 4 is 34.8 Å². The molecule has 1 aliphatic rings. The molecule has 1 aliphatic carbocycles. The molecule has 0 radical (unpaired) electrons. The van der Waals surface area contributed by atoms with Crippen LogP contribution in [0.15, 0.2) is 60.4 Å². The molecule has 0 saturated heterocycles. The molecular formula is C13H11Cl3FeO2. The van der Waals surface area contributed by atoms with E-state index in [1.807, 2.05) is 36.4 Å². The van der Waals surface area contributed by atoms with Crippen LogP contribution in [-0.4, -0.2) is 3.98 Å². The first-order valence-electron chi connectivity index (χ1n) is 5.09. The Kier molecular flexibility index (Phi) is 9.45. The first-order valence-corrected chi connectivity index (χ1v) is 6.23. The molecule has 2 nitrogen and oxygen atoms in total. The van der Waals surface area contributed by atoms with Gasteiger partial charge in [0.25, 0.3) is 3.98 Å². The number of allylic oxidation sites excluding steroid dienone is 5. The number of hydrogen-bond acceptors (Lipinski definition) is 2. The van der Waals surface area contributed by atoms with E-state index in [0.717, 1.165) is 17.4 Å². The predicted octanol–water partition coefficient (Wildman–Crippen LogP) is 3.60. The molecular weight excluding hydrogens is 350 g/mol. The summed E-state index contributed by atoms with van der Waals surface area (Å²) in [6.07, 6.45) is 8.05. The summed E-state index contributed by atoms with van der Waals surface area (Å²) in [5.41, 5.74) is 1.75. The first kappa shape index (κ1) is 18.7. The second kappa shape index (κ2) is 9.60. The average molecular weight is 361 g/mol. The van der Waals surface area contributed by atoms with Gasteiger partial charge in [-0.25, -0.2) is 12.1 Å². The van der Waals surface area contributed by atoms with Crippen molar-refractivity contribution in [3.8, 4) is 0 Å². The summed E-state index contributed by atoms with van der Waals surface area (Å²) in [6.45, 7) is 0.323. The van der Waals surface area contributed by atoms with Crippen molar-refractivity contribution in [1.82, 2.24) is 0 Å². The summed E-state index contributed by atoms with van der Waals surface area (Å²) >= 11 is 16.1. The third-order valence-electron chi connectivity index (χ3n) is 1.96. The Morgan fingerprint density at radius 3 is 2.26 bits per heavy atom. The zero-order valence-electron chi connectivity index (χ0n) is 9.71. The van der Waals surface area contributed by atoms with E-state index in [0.29, 0.717) is 6.61 Å². The fourth-order valence-electron chi connectivity index (χ4n) is 1.14. The number of ether oxygens (including phenoxy) is 1. The maximum atomic E-state index is 9.87. The topological polar surface area (TPSA) is 32.3 Å². The molecule has 0 N–H and O–H groups in total. The van der Waals surface area contributed by atoms with Gasteiger partial charge in [0.15, 0.2) is 0 Å². The van der Waals surface area contributed by atoms with Crippen molar-refractivity contribution in [3.63, 3.8) is 0 Å². The Balaban J connectivity index is 0.000000352. The van der Waals surface area contributed by atoms with Gasteiger partial charge in [-0.05, 0) is 5.57 Å². The molecule has 0 fully saturated rings. The van der Waals surface area contributed by atoms with Crippen LogP contribution in [0.25, 0.3) is 0 Å². The summed E-state index contributed by atoms with van der Waals surface area (Å²) in [7, 11) is 0. The van der Waals surface area contributed by atoms with Gasteiger partial charge in [-0.3, -0.25) is 0 Å². The van der Waals surface area contributed by atoms with Gasteiger partial charge in [-0.15, -0.1) is 11.8 Å². The fraction of sp³-hybridized carbons (Fsp3) is 0.154. The summed E-state index contributed by atoms with van der Waals surface area (Å²) in [5, 5.41) is 9.87. The van der Waals surface area contributed by atoms with Crippen LogP contribution in [0, 0.1) is 0 Å². The number of rotatable bonds is 2.